The van der Waals surface area contributed by atoms with Gasteiger partial charge in [0.25, 0.3) is 31.6 Å². The van der Waals surface area contributed by atoms with Crippen molar-refractivity contribution in [2.45, 2.75) is 180 Å². The zero-order valence-corrected chi connectivity index (χ0v) is 68.2. The van der Waals surface area contributed by atoms with Crippen LogP contribution in [0.2, 0.25) is 0 Å². The molecule has 10 nitrogen and oxygen atoms in total. The molecule has 0 atom stereocenters. The quantitative estimate of drug-likeness (QED) is 0.127. The van der Waals surface area contributed by atoms with E-state index >= 15 is 0 Å². The Kier molecular flexibility index (Phi) is 22.9. The van der Waals surface area contributed by atoms with Gasteiger partial charge in [-0.2, -0.15) is 0 Å². The Bertz CT molecular complexity index is 5910. The highest BCUT2D eigenvalue weighted by molar-refractivity contribution is 5.96. The fourth-order valence-electron chi connectivity index (χ4n) is 18.8. The number of benzene rings is 10. The highest BCUT2D eigenvalue weighted by Gasteiger charge is 2.30. The van der Waals surface area contributed by atoms with Crippen LogP contribution in [-0.4, -0.2) is 24.9 Å². The van der Waals surface area contributed by atoms with Gasteiger partial charge in [0, 0.05) is 38.9 Å². The number of hydrogen-bond donors (Lipinski definition) is 0. The highest BCUT2D eigenvalue weighted by atomic mass is 15.0. The van der Waals surface area contributed by atoms with E-state index in [0.29, 0.717) is 11.8 Å². The van der Waals surface area contributed by atoms with Gasteiger partial charge in [0.15, 0.2) is 27.6 Å². The molecule has 15 aromatic rings. The third-order valence-corrected chi connectivity index (χ3v) is 25.6. The lowest BCUT2D eigenvalue weighted by Crippen LogP contribution is -2.32. The molecule has 0 unspecified atom stereocenters. The van der Waals surface area contributed by atoms with Crippen molar-refractivity contribution in [2.75, 3.05) is 0 Å². The first kappa shape index (κ1) is 75.9. The molecule has 10 heteroatoms. The van der Waals surface area contributed by atoms with E-state index < -0.39 is 0 Å². The predicted molar refractivity (Wildman–Crippen MR) is 462 cm³/mol. The molecular formula is C103H111N10+5. The molecule has 5 saturated carbocycles. The van der Waals surface area contributed by atoms with Crippen LogP contribution in [0.5, 0.6) is 0 Å². The average Bonchev–Trinajstić information content (AvgIpc) is 1.07. The van der Waals surface area contributed by atoms with Gasteiger partial charge in [0.05, 0.1) is 62.2 Å². The van der Waals surface area contributed by atoms with Gasteiger partial charge >= 0.3 is 0 Å². The zero-order chi connectivity index (χ0) is 77.6. The van der Waals surface area contributed by atoms with E-state index in [4.69, 9.17) is 15.0 Å². The number of rotatable bonds is 10. The second-order valence-electron chi connectivity index (χ2n) is 33.1. The highest BCUT2D eigenvalue weighted by Crippen LogP contribution is 2.44. The maximum absolute atomic E-state index is 4.80. The molecule has 0 aliphatic heterocycles. The molecule has 113 heavy (non-hydrogen) atoms. The van der Waals surface area contributed by atoms with Gasteiger partial charge in [-0.1, -0.05) is 215 Å². The van der Waals surface area contributed by atoms with Crippen LogP contribution in [0.25, 0.3) is 111 Å². The molecule has 10 aromatic carbocycles. The molecule has 568 valence electrons. The van der Waals surface area contributed by atoms with E-state index in [1.54, 1.807) is 0 Å². The van der Waals surface area contributed by atoms with E-state index in [1.165, 1.54) is 265 Å². The van der Waals surface area contributed by atoms with Crippen LogP contribution in [0.3, 0.4) is 0 Å². The molecule has 5 aliphatic carbocycles. The molecule has 0 N–H and O–H groups in total. The summed E-state index contributed by atoms with van der Waals surface area (Å²) in [5.74, 6) is 3.60. The minimum absolute atomic E-state index is 0.684. The minimum Gasteiger partial charge on any atom is -0.232 e. The van der Waals surface area contributed by atoms with Crippen LogP contribution in [-0.2, 0) is 35.2 Å². The van der Waals surface area contributed by atoms with Crippen LogP contribution >= 0.6 is 0 Å². The predicted octanol–water partition coefficient (Wildman–Crippen LogP) is 22.7. The van der Waals surface area contributed by atoms with Crippen LogP contribution in [0.15, 0.2) is 244 Å². The lowest BCUT2D eigenvalue weighted by atomic mass is 9.79. The molecule has 5 fully saturated rings. The maximum atomic E-state index is 4.80. The van der Waals surface area contributed by atoms with Gasteiger partial charge in [-0.15, -0.1) is 0 Å². The normalized spacial score (nSPS) is 15.2. The molecule has 5 aliphatic rings. The standard InChI is InChI=1S/3C21H23N2.2C20H21N2/c1-15-8-3-6-11-17(15)21-19-13-7-12-18(16-9-4-5-10-16)20(19)22-14-23(21)2;1-15-7-3-6-10-18(15)21-19-13-17(16-8-4-5-9-16)11-12-20(19)22-14-23(21)2;1-15-7-3-6-10-18(15)21-19-12-11-17(16-8-4-5-9-16)13-20(19)22-14-23(21)2;1-14-7-3-4-10-16(14)20-18-12-6-11-17(15-8-5-9-15)19(18)21-13-22(20)2;1-14-6-3-4-9-17(14)20-18-11-10-16(15-7-5-8-15)12-19(18)21-13-22(20)2/h3,6-8,11-14,16H,4-5,9-10H2,1-2H3;2*3,6-7,10-14,16H,4-5,8-9H2,1-2H3;3-4,6-7,10-13,15H,5,8-9H2,1-2H3;3-4,6,9-13,15H,5,7-8H2,1-2H3/q5*+1. The van der Waals surface area contributed by atoms with Crippen LogP contribution < -0.4 is 22.8 Å². The number of nitrogens with zero attached hydrogens (tertiary/aromatic N) is 10. The van der Waals surface area contributed by atoms with Crippen molar-refractivity contribution in [1.29, 1.82) is 0 Å². The van der Waals surface area contributed by atoms with Gasteiger partial charge < -0.3 is 0 Å². The van der Waals surface area contributed by atoms with Crippen molar-refractivity contribution in [3.63, 3.8) is 0 Å². The summed E-state index contributed by atoms with van der Waals surface area (Å²) in [6.07, 6.45) is 33.9. The molecule has 0 bridgehead atoms. The fraction of sp³-hybridized carbons (Fsp3) is 0.320. The van der Waals surface area contributed by atoms with Gasteiger partial charge in [0.2, 0.25) is 0 Å². The van der Waals surface area contributed by atoms with Crippen LogP contribution in [0.4, 0.5) is 0 Å². The first-order valence-corrected chi connectivity index (χ1v) is 41.9. The number of aromatic nitrogens is 10. The Labute approximate surface area is 669 Å². The largest absolute Gasteiger partial charge is 0.287 e. The Balaban J connectivity index is 0.000000107. The lowest BCUT2D eigenvalue weighted by Gasteiger charge is -2.25. The Morgan fingerprint density at radius 2 is 0.504 bits per heavy atom. The summed E-state index contributed by atoms with van der Waals surface area (Å²) in [5, 5.41) is 6.29. The van der Waals surface area contributed by atoms with Gasteiger partial charge in [0.1, 0.15) is 28.5 Å². The van der Waals surface area contributed by atoms with E-state index in [9.17, 15) is 0 Å². The summed E-state index contributed by atoms with van der Waals surface area (Å²) >= 11 is 0. The summed E-state index contributed by atoms with van der Waals surface area (Å²) in [6, 6.07) is 77.0. The number of fused-ring (bicyclic) bond motifs is 5. The first-order valence-electron chi connectivity index (χ1n) is 41.9. The van der Waals surface area contributed by atoms with Crippen molar-refractivity contribution in [2.24, 2.45) is 35.2 Å². The second-order valence-corrected chi connectivity index (χ2v) is 33.1. The molecule has 0 amide bonds. The van der Waals surface area contributed by atoms with E-state index in [0.717, 1.165) is 34.3 Å². The minimum atomic E-state index is 0.684. The van der Waals surface area contributed by atoms with Crippen molar-refractivity contribution in [3.8, 4) is 56.3 Å². The molecule has 0 radical (unpaired) electrons. The second kappa shape index (κ2) is 34.1. The van der Waals surface area contributed by atoms with E-state index in [2.05, 4.69) is 315 Å². The summed E-state index contributed by atoms with van der Waals surface area (Å²) in [5.41, 5.74) is 32.3. The third kappa shape index (κ3) is 15.9. The van der Waals surface area contributed by atoms with Crippen molar-refractivity contribution < 1.29 is 22.8 Å². The number of para-hydroxylation sites is 2. The van der Waals surface area contributed by atoms with Crippen LogP contribution in [0.1, 0.15) is 201 Å². The third-order valence-electron chi connectivity index (χ3n) is 25.6. The van der Waals surface area contributed by atoms with Gasteiger partial charge in [-0.3, -0.25) is 0 Å². The number of aryl methyl sites for hydroxylation is 10. The molecule has 0 spiro atoms. The molecule has 5 aromatic heterocycles. The van der Waals surface area contributed by atoms with E-state index in [1.807, 2.05) is 31.6 Å². The smallest absolute Gasteiger partial charge is 0.232 e. The molecule has 0 saturated heterocycles. The summed E-state index contributed by atoms with van der Waals surface area (Å²) in [7, 11) is 10.4. The number of hydrogen-bond acceptors (Lipinski definition) is 5. The fourth-order valence-corrected chi connectivity index (χ4v) is 18.8. The van der Waals surface area contributed by atoms with Crippen molar-refractivity contribution in [3.05, 3.63) is 300 Å². The summed E-state index contributed by atoms with van der Waals surface area (Å²) in [4.78, 5) is 23.5. The monoisotopic (exact) mass is 1490 g/mol. The van der Waals surface area contributed by atoms with E-state index in [-0.39, 0.29) is 0 Å². The van der Waals surface area contributed by atoms with Gasteiger partial charge in [-0.05, 0) is 246 Å². The maximum Gasteiger partial charge on any atom is 0.287 e. The van der Waals surface area contributed by atoms with Crippen molar-refractivity contribution >= 4 is 54.5 Å². The topological polar surface area (TPSA) is 83.8 Å². The zero-order valence-electron chi connectivity index (χ0n) is 68.2. The Morgan fingerprint density at radius 3 is 0.832 bits per heavy atom. The van der Waals surface area contributed by atoms with Crippen molar-refractivity contribution in [1.82, 2.24) is 24.9 Å². The Morgan fingerprint density at radius 1 is 0.230 bits per heavy atom. The average molecular weight is 1490 g/mol. The SMILES string of the molecule is Cc1ccccc1-c1c2cc(C3CCCC3)ccc2nc[n+]1C.Cc1ccccc1-c1c2ccc(C3CCC3)cc2nc[n+]1C.Cc1ccccc1-c1c2ccc(C3CCCC3)cc2nc[n+]1C.Cc1ccccc1-c1c2cccc(C3CCC3)c2nc[n+]1C.Cc1ccccc1-c1c2cccc(C3CCCC3)c2nc[n+]1C. The van der Waals surface area contributed by atoms with Crippen LogP contribution in [0, 0.1) is 34.6 Å². The molecule has 20 rings (SSSR count). The van der Waals surface area contributed by atoms with Gasteiger partial charge in [-0.25, -0.2) is 22.8 Å². The summed E-state index contributed by atoms with van der Waals surface area (Å²) in [6.45, 7) is 10.9. The Hall–Kier alpha value is -11.1. The first-order chi connectivity index (χ1) is 55.2. The lowest BCUT2D eigenvalue weighted by molar-refractivity contribution is -0.662. The summed E-state index contributed by atoms with van der Waals surface area (Å²) < 4.78 is 10.7. The molecular weight excluding hydrogens is 1380 g/mol. The molecule has 5 heterocycles.